The van der Waals surface area contributed by atoms with Crippen LogP contribution < -0.4 is 10.2 Å². The molecule has 426 valence electrons. The van der Waals surface area contributed by atoms with Gasteiger partial charge < -0.3 is 28.5 Å². The largest absolute Gasteiger partial charge is 0.756 e. The number of phosphoric acid groups is 1. The third-order valence-corrected chi connectivity index (χ3v) is 14.4. The van der Waals surface area contributed by atoms with E-state index in [2.05, 4.69) is 74.7 Å². The van der Waals surface area contributed by atoms with Gasteiger partial charge in [-0.25, -0.2) is 0 Å². The molecule has 0 aromatic rings. The first-order chi connectivity index (χ1) is 35.4. The number of hydrogen-bond donors (Lipinski definition) is 1. The highest BCUT2D eigenvalue weighted by Crippen LogP contribution is 2.38. The minimum absolute atomic E-state index is 0.0270. The SMILES string of the molecule is CC/C=C/C/C=C/C/C=C/CCCCCCC(=O)OC(/C=C\CCCCCCCCCCCC)C(COP(=O)([O-])OCC[N+](C)(C)C)NC(=O)CCCCCCCCCCCCC/C=C/CCCCCCCC. The van der Waals surface area contributed by atoms with Crippen molar-refractivity contribution in [3.63, 3.8) is 0 Å². The van der Waals surface area contributed by atoms with Crippen molar-refractivity contribution in [2.75, 3.05) is 40.9 Å². The summed E-state index contributed by atoms with van der Waals surface area (Å²) < 4.78 is 30.3. The summed E-state index contributed by atoms with van der Waals surface area (Å²) in [5.74, 6) is -0.563. The van der Waals surface area contributed by atoms with E-state index in [1.54, 1.807) is 0 Å². The summed E-state index contributed by atoms with van der Waals surface area (Å²) in [5.41, 5.74) is 0. The summed E-state index contributed by atoms with van der Waals surface area (Å²) in [6.07, 6.45) is 66.2. The van der Waals surface area contributed by atoms with Crippen molar-refractivity contribution in [3.8, 4) is 0 Å². The second kappa shape index (κ2) is 53.1. The number of hydrogen-bond acceptors (Lipinski definition) is 7. The molecular formula is C63H117N2O7P. The maximum Gasteiger partial charge on any atom is 0.306 e. The number of likely N-dealkylation sites (N-methyl/N-ethyl adjacent to an activating group) is 1. The lowest BCUT2D eigenvalue weighted by atomic mass is 10.0. The number of phosphoric ester groups is 1. The molecule has 10 heteroatoms. The summed E-state index contributed by atoms with van der Waals surface area (Å²) in [5, 5.41) is 3.02. The molecule has 0 radical (unpaired) electrons. The van der Waals surface area contributed by atoms with Crippen molar-refractivity contribution in [1.29, 1.82) is 0 Å². The van der Waals surface area contributed by atoms with Gasteiger partial charge in [0.1, 0.15) is 19.3 Å². The first kappa shape index (κ1) is 70.7. The third-order valence-electron chi connectivity index (χ3n) is 13.4. The van der Waals surface area contributed by atoms with Crippen LogP contribution in [0, 0.1) is 0 Å². The van der Waals surface area contributed by atoms with E-state index in [-0.39, 0.29) is 24.9 Å². The summed E-state index contributed by atoms with van der Waals surface area (Å²) in [6.45, 7) is 6.72. The summed E-state index contributed by atoms with van der Waals surface area (Å²) >= 11 is 0. The van der Waals surface area contributed by atoms with Crippen molar-refractivity contribution in [1.82, 2.24) is 5.32 Å². The van der Waals surface area contributed by atoms with Crippen LogP contribution in [-0.2, 0) is 27.9 Å². The molecule has 0 aliphatic rings. The number of carbonyl (C=O) groups excluding carboxylic acids is 2. The number of amides is 1. The van der Waals surface area contributed by atoms with Crippen LogP contribution >= 0.6 is 7.82 Å². The normalized spacial score (nSPS) is 14.1. The molecule has 0 aliphatic carbocycles. The fourth-order valence-corrected chi connectivity index (χ4v) is 9.43. The smallest absolute Gasteiger partial charge is 0.306 e. The van der Waals surface area contributed by atoms with Crippen LogP contribution in [0.5, 0.6) is 0 Å². The number of rotatable bonds is 55. The monoisotopic (exact) mass is 1040 g/mol. The zero-order valence-electron chi connectivity index (χ0n) is 48.6. The Morgan fingerprint density at radius 1 is 0.493 bits per heavy atom. The van der Waals surface area contributed by atoms with Gasteiger partial charge in [-0.05, 0) is 89.5 Å². The van der Waals surface area contributed by atoms with Crippen LogP contribution in [0.4, 0.5) is 0 Å². The van der Waals surface area contributed by atoms with Gasteiger partial charge in [-0.15, -0.1) is 0 Å². The second-order valence-electron chi connectivity index (χ2n) is 21.8. The van der Waals surface area contributed by atoms with Gasteiger partial charge >= 0.3 is 5.97 Å². The zero-order chi connectivity index (χ0) is 53.6. The van der Waals surface area contributed by atoms with Gasteiger partial charge in [-0.3, -0.25) is 14.2 Å². The van der Waals surface area contributed by atoms with E-state index >= 15 is 0 Å². The molecule has 0 rings (SSSR count). The molecule has 0 heterocycles. The fourth-order valence-electron chi connectivity index (χ4n) is 8.71. The first-order valence-electron chi connectivity index (χ1n) is 30.6. The van der Waals surface area contributed by atoms with Gasteiger partial charge in [-0.2, -0.15) is 0 Å². The van der Waals surface area contributed by atoms with Crippen LogP contribution in [0.25, 0.3) is 0 Å². The Bertz CT molecular complexity index is 1440. The van der Waals surface area contributed by atoms with Gasteiger partial charge in [0.25, 0.3) is 7.82 Å². The van der Waals surface area contributed by atoms with Crippen LogP contribution in [0.1, 0.15) is 278 Å². The summed E-state index contributed by atoms with van der Waals surface area (Å²) in [7, 11) is 1.17. The lowest BCUT2D eigenvalue weighted by molar-refractivity contribution is -0.870. The summed E-state index contributed by atoms with van der Waals surface area (Å²) in [4.78, 5) is 39.9. The lowest BCUT2D eigenvalue weighted by Gasteiger charge is -2.30. The number of quaternary nitrogens is 1. The van der Waals surface area contributed by atoms with Crippen molar-refractivity contribution >= 4 is 19.7 Å². The molecule has 0 bridgehead atoms. The Balaban J connectivity index is 5.23. The number of nitrogens with zero attached hydrogens (tertiary/aromatic N) is 1. The van der Waals surface area contributed by atoms with Crippen molar-refractivity contribution in [2.45, 2.75) is 290 Å². The van der Waals surface area contributed by atoms with E-state index in [9.17, 15) is 19.0 Å². The predicted molar refractivity (Wildman–Crippen MR) is 312 cm³/mol. The standard InChI is InChI=1S/C63H117N2O7P/c1-7-10-13-16-19-22-25-28-30-31-32-33-34-35-36-37-40-43-46-49-52-55-62(66)64-60(59-71-73(68,69)70-58-57-65(4,5)6)61(54-51-48-45-42-39-27-24-21-18-15-12-9-3)72-63(67)56-53-50-47-44-41-38-29-26-23-20-17-14-11-8-2/h11,14,20,23,28-30,38,51,54,60-61H,7-10,12-13,15-19,21-22,24-27,31-37,39-50,52-53,55-59H2,1-6H3,(H-,64,66,68,69)/b14-11+,23-20+,30-28+,38-29+,54-51-. The maximum absolute atomic E-state index is 13.5. The van der Waals surface area contributed by atoms with Crippen molar-refractivity contribution in [2.24, 2.45) is 0 Å². The van der Waals surface area contributed by atoms with E-state index < -0.39 is 26.6 Å². The topological polar surface area (TPSA) is 114 Å². The van der Waals surface area contributed by atoms with E-state index in [1.165, 1.54) is 154 Å². The molecule has 0 aromatic carbocycles. The predicted octanol–water partition coefficient (Wildman–Crippen LogP) is 18.0. The molecule has 0 aromatic heterocycles. The number of allylic oxidation sites excluding steroid dienone is 9. The highest BCUT2D eigenvalue weighted by Gasteiger charge is 2.27. The Labute approximate surface area is 451 Å². The van der Waals surface area contributed by atoms with Crippen LogP contribution in [-0.4, -0.2) is 69.4 Å². The van der Waals surface area contributed by atoms with Crippen molar-refractivity contribution < 1.29 is 37.3 Å². The average Bonchev–Trinajstić information content (AvgIpc) is 3.35. The average molecular weight is 1050 g/mol. The number of unbranched alkanes of at least 4 members (excludes halogenated alkanes) is 31. The Hall–Kier alpha value is -2.29. The van der Waals surface area contributed by atoms with E-state index in [1.807, 2.05) is 33.3 Å². The molecule has 0 spiro atoms. The first-order valence-corrected chi connectivity index (χ1v) is 32.1. The number of nitrogens with one attached hydrogen (secondary N) is 1. The van der Waals surface area contributed by atoms with E-state index in [0.29, 0.717) is 23.9 Å². The molecule has 3 atom stereocenters. The summed E-state index contributed by atoms with van der Waals surface area (Å²) in [6, 6.07) is -0.898. The van der Waals surface area contributed by atoms with Crippen LogP contribution in [0.3, 0.4) is 0 Å². The zero-order valence-corrected chi connectivity index (χ0v) is 49.5. The molecule has 0 saturated carbocycles. The molecule has 0 saturated heterocycles. The van der Waals surface area contributed by atoms with E-state index in [0.717, 1.165) is 83.5 Å². The third kappa shape index (κ3) is 54.3. The minimum Gasteiger partial charge on any atom is -0.756 e. The molecular weight excluding hydrogens is 928 g/mol. The van der Waals surface area contributed by atoms with Crippen LogP contribution in [0.15, 0.2) is 60.8 Å². The molecule has 1 amide bonds. The van der Waals surface area contributed by atoms with Crippen LogP contribution in [0.2, 0.25) is 0 Å². The number of carbonyl (C=O) groups is 2. The quantitative estimate of drug-likeness (QED) is 0.0212. The Morgan fingerprint density at radius 3 is 1.33 bits per heavy atom. The van der Waals surface area contributed by atoms with Gasteiger partial charge in [0.2, 0.25) is 5.91 Å². The van der Waals surface area contributed by atoms with Gasteiger partial charge in [0.05, 0.1) is 33.8 Å². The number of esters is 1. The molecule has 0 fully saturated rings. The van der Waals surface area contributed by atoms with Gasteiger partial charge in [0, 0.05) is 12.8 Å². The second-order valence-corrected chi connectivity index (χ2v) is 23.2. The molecule has 3 unspecified atom stereocenters. The molecule has 9 nitrogen and oxygen atoms in total. The van der Waals surface area contributed by atoms with Gasteiger partial charge in [0.15, 0.2) is 0 Å². The Kier molecular flexibility index (Phi) is 51.5. The molecule has 0 aliphatic heterocycles. The highest BCUT2D eigenvalue weighted by molar-refractivity contribution is 7.45. The molecule has 73 heavy (non-hydrogen) atoms. The lowest BCUT2D eigenvalue weighted by Crippen LogP contribution is -2.47. The maximum atomic E-state index is 13.5. The van der Waals surface area contributed by atoms with Gasteiger partial charge in [-0.1, -0.05) is 236 Å². The Morgan fingerprint density at radius 2 is 0.877 bits per heavy atom. The number of ether oxygens (including phenoxy) is 1. The highest BCUT2D eigenvalue weighted by atomic mass is 31.2. The van der Waals surface area contributed by atoms with E-state index in [4.69, 9.17) is 13.8 Å². The van der Waals surface area contributed by atoms with Crippen molar-refractivity contribution in [3.05, 3.63) is 60.8 Å². The fraction of sp³-hybridized carbons (Fsp3) is 0.810. The molecule has 1 N–H and O–H groups in total. The minimum atomic E-state index is -4.70.